The molecule has 0 saturated heterocycles. The fourth-order valence-corrected chi connectivity index (χ4v) is 1.51. The van der Waals surface area contributed by atoms with Crippen molar-refractivity contribution in [2.75, 3.05) is 5.73 Å². The minimum Gasteiger partial charge on any atom is -0.489 e. The van der Waals surface area contributed by atoms with Crippen LogP contribution in [0.5, 0.6) is 5.75 Å². The number of nitrogens with two attached hydrogens (primary N) is 1. The molecular weight excluding hydrogens is 241 g/mol. The predicted molar refractivity (Wildman–Crippen MR) is 66.6 cm³/mol. The highest BCUT2D eigenvalue weighted by atomic mass is 35.5. The monoisotopic (exact) mass is 251 g/mol. The molecule has 0 radical (unpaired) electrons. The molecule has 2 aromatic rings. The molecule has 0 spiro atoms. The zero-order valence-corrected chi connectivity index (χ0v) is 9.75. The summed E-state index contributed by atoms with van der Waals surface area (Å²) >= 11 is 5.78. The Hall–Kier alpha value is -1.74. The third kappa shape index (κ3) is 2.88. The average molecular weight is 252 g/mol. The second-order valence-corrected chi connectivity index (χ2v) is 3.97. The molecule has 0 unspecified atom stereocenters. The lowest BCUT2D eigenvalue weighted by Gasteiger charge is -2.08. The van der Waals surface area contributed by atoms with Crippen LogP contribution in [0.1, 0.15) is 5.56 Å². The third-order valence-electron chi connectivity index (χ3n) is 2.32. The molecule has 2 nitrogen and oxygen atoms in total. The van der Waals surface area contributed by atoms with Crippen LogP contribution < -0.4 is 10.5 Å². The second-order valence-electron chi connectivity index (χ2n) is 3.56. The van der Waals surface area contributed by atoms with Crippen LogP contribution in [-0.4, -0.2) is 0 Å². The number of anilines is 1. The van der Waals surface area contributed by atoms with Crippen LogP contribution in [0, 0.1) is 5.82 Å². The van der Waals surface area contributed by atoms with E-state index in [1.807, 2.05) is 0 Å². The zero-order chi connectivity index (χ0) is 12.3. The second kappa shape index (κ2) is 5.06. The van der Waals surface area contributed by atoms with Gasteiger partial charge in [0.25, 0.3) is 0 Å². The Morgan fingerprint density at radius 3 is 2.65 bits per heavy atom. The minimum atomic E-state index is -0.283. The molecule has 0 bridgehead atoms. The SMILES string of the molecule is Nc1cc(OCc2ccccc2F)ccc1Cl. The molecule has 2 N–H and O–H groups in total. The Morgan fingerprint density at radius 2 is 1.94 bits per heavy atom. The van der Waals surface area contributed by atoms with Gasteiger partial charge in [0.1, 0.15) is 18.2 Å². The summed E-state index contributed by atoms with van der Waals surface area (Å²) in [6, 6.07) is 11.4. The smallest absolute Gasteiger partial charge is 0.129 e. The standard InChI is InChI=1S/C13H11ClFNO/c14-11-6-5-10(7-13(11)16)17-8-9-3-1-2-4-12(9)15/h1-7H,8,16H2. The fourth-order valence-electron chi connectivity index (χ4n) is 1.39. The molecule has 0 aromatic heterocycles. The van der Waals surface area contributed by atoms with Gasteiger partial charge in [-0.05, 0) is 18.2 Å². The van der Waals surface area contributed by atoms with E-state index in [2.05, 4.69) is 0 Å². The van der Waals surface area contributed by atoms with Crippen molar-refractivity contribution in [3.05, 3.63) is 58.9 Å². The first-order valence-corrected chi connectivity index (χ1v) is 5.46. The van der Waals surface area contributed by atoms with Gasteiger partial charge >= 0.3 is 0 Å². The molecule has 2 aromatic carbocycles. The van der Waals surface area contributed by atoms with E-state index >= 15 is 0 Å². The molecule has 0 amide bonds. The van der Waals surface area contributed by atoms with E-state index in [-0.39, 0.29) is 12.4 Å². The zero-order valence-electron chi connectivity index (χ0n) is 8.99. The van der Waals surface area contributed by atoms with Crippen LogP contribution >= 0.6 is 11.6 Å². The van der Waals surface area contributed by atoms with Gasteiger partial charge in [0, 0.05) is 11.6 Å². The van der Waals surface area contributed by atoms with Crippen molar-refractivity contribution in [1.29, 1.82) is 0 Å². The van der Waals surface area contributed by atoms with Crippen molar-refractivity contribution in [3.63, 3.8) is 0 Å². The van der Waals surface area contributed by atoms with Gasteiger partial charge in [0.15, 0.2) is 0 Å². The van der Waals surface area contributed by atoms with Gasteiger partial charge in [-0.25, -0.2) is 4.39 Å². The summed E-state index contributed by atoms with van der Waals surface area (Å²) in [5, 5.41) is 0.475. The first-order valence-electron chi connectivity index (χ1n) is 5.08. The Kier molecular flexibility index (Phi) is 3.49. The van der Waals surface area contributed by atoms with Gasteiger partial charge in [-0.15, -0.1) is 0 Å². The van der Waals surface area contributed by atoms with Gasteiger partial charge in [0.2, 0.25) is 0 Å². The Morgan fingerprint density at radius 1 is 1.18 bits per heavy atom. The maximum atomic E-state index is 13.3. The molecule has 0 atom stereocenters. The summed E-state index contributed by atoms with van der Waals surface area (Å²) in [5.74, 6) is 0.282. The van der Waals surface area contributed by atoms with Gasteiger partial charge < -0.3 is 10.5 Å². The van der Waals surface area contributed by atoms with Gasteiger partial charge in [-0.3, -0.25) is 0 Å². The number of benzene rings is 2. The number of halogens is 2. The minimum absolute atomic E-state index is 0.160. The highest BCUT2D eigenvalue weighted by molar-refractivity contribution is 6.33. The molecule has 0 aliphatic rings. The number of nitrogen functional groups attached to an aromatic ring is 1. The van der Waals surface area contributed by atoms with Crippen LogP contribution in [-0.2, 0) is 6.61 Å². The lowest BCUT2D eigenvalue weighted by atomic mass is 10.2. The Bertz CT molecular complexity index is 531. The first kappa shape index (κ1) is 11.7. The van der Waals surface area contributed by atoms with E-state index in [4.69, 9.17) is 22.1 Å². The summed E-state index contributed by atoms with van der Waals surface area (Å²) in [5.41, 5.74) is 6.58. The van der Waals surface area contributed by atoms with Crippen LogP contribution in [0.15, 0.2) is 42.5 Å². The molecule has 2 rings (SSSR count). The number of rotatable bonds is 3. The molecule has 4 heteroatoms. The van der Waals surface area contributed by atoms with Gasteiger partial charge in [-0.1, -0.05) is 29.8 Å². The number of ether oxygens (including phenoxy) is 1. The first-order chi connectivity index (χ1) is 8.16. The summed E-state index contributed by atoms with van der Waals surface area (Å²) < 4.78 is 18.7. The summed E-state index contributed by atoms with van der Waals surface area (Å²) in [4.78, 5) is 0. The molecule has 17 heavy (non-hydrogen) atoms. The Balaban J connectivity index is 2.08. The van der Waals surface area contributed by atoms with Gasteiger partial charge in [0.05, 0.1) is 10.7 Å². The predicted octanol–water partition coefficient (Wildman–Crippen LogP) is 3.64. The van der Waals surface area contributed by atoms with E-state index in [0.29, 0.717) is 22.0 Å². The molecular formula is C13H11ClFNO. The lowest BCUT2D eigenvalue weighted by molar-refractivity contribution is 0.300. The largest absolute Gasteiger partial charge is 0.489 e. The quantitative estimate of drug-likeness (QED) is 0.846. The van der Waals surface area contributed by atoms with Crippen LogP contribution in [0.3, 0.4) is 0 Å². The molecule has 88 valence electrons. The molecule has 0 fully saturated rings. The van der Waals surface area contributed by atoms with Crippen LogP contribution in [0.25, 0.3) is 0 Å². The summed E-state index contributed by atoms with van der Waals surface area (Å²) in [6.07, 6.45) is 0. The van der Waals surface area contributed by atoms with Crippen molar-refractivity contribution in [3.8, 4) is 5.75 Å². The molecule has 0 aliphatic heterocycles. The molecule has 0 saturated carbocycles. The fraction of sp³-hybridized carbons (Fsp3) is 0.0769. The number of hydrogen-bond donors (Lipinski definition) is 1. The van der Waals surface area contributed by atoms with Gasteiger partial charge in [-0.2, -0.15) is 0 Å². The van der Waals surface area contributed by atoms with Crippen molar-refractivity contribution >= 4 is 17.3 Å². The van der Waals surface area contributed by atoms with Crippen molar-refractivity contribution < 1.29 is 9.13 Å². The highest BCUT2D eigenvalue weighted by Gasteiger charge is 2.03. The highest BCUT2D eigenvalue weighted by Crippen LogP contribution is 2.24. The maximum Gasteiger partial charge on any atom is 0.129 e. The number of hydrogen-bond acceptors (Lipinski definition) is 2. The maximum absolute atomic E-state index is 13.3. The lowest BCUT2D eigenvalue weighted by Crippen LogP contribution is -1.98. The van der Waals surface area contributed by atoms with E-state index in [1.54, 1.807) is 36.4 Å². The van der Waals surface area contributed by atoms with Crippen molar-refractivity contribution in [2.45, 2.75) is 6.61 Å². The van der Waals surface area contributed by atoms with E-state index in [1.165, 1.54) is 6.07 Å². The van der Waals surface area contributed by atoms with E-state index < -0.39 is 0 Å². The summed E-state index contributed by atoms with van der Waals surface area (Å²) in [7, 11) is 0. The normalized spacial score (nSPS) is 10.2. The molecule has 0 aliphatic carbocycles. The molecule has 0 heterocycles. The summed E-state index contributed by atoms with van der Waals surface area (Å²) in [6.45, 7) is 0.160. The Labute approximate surface area is 104 Å². The van der Waals surface area contributed by atoms with Crippen LogP contribution in [0.2, 0.25) is 5.02 Å². The third-order valence-corrected chi connectivity index (χ3v) is 2.66. The van der Waals surface area contributed by atoms with Crippen LogP contribution in [0.4, 0.5) is 10.1 Å². The topological polar surface area (TPSA) is 35.2 Å². The van der Waals surface area contributed by atoms with E-state index in [9.17, 15) is 4.39 Å². The van der Waals surface area contributed by atoms with Crippen molar-refractivity contribution in [1.82, 2.24) is 0 Å². The average Bonchev–Trinajstić information content (AvgIpc) is 2.32. The van der Waals surface area contributed by atoms with Crippen molar-refractivity contribution in [2.24, 2.45) is 0 Å². The van der Waals surface area contributed by atoms with E-state index in [0.717, 1.165) is 0 Å².